The molecule has 2 aromatic carbocycles. The quantitative estimate of drug-likeness (QED) is 0.658. The maximum atomic E-state index is 12.1. The minimum absolute atomic E-state index is 0.0510. The van der Waals surface area contributed by atoms with Crippen molar-refractivity contribution in [1.82, 2.24) is 14.9 Å². The zero-order valence-corrected chi connectivity index (χ0v) is 15.4. The van der Waals surface area contributed by atoms with Crippen molar-refractivity contribution < 1.29 is 12.8 Å². The molecule has 0 aliphatic heterocycles. The molecule has 1 aromatic heterocycles. The number of nitrogens with one attached hydrogen (secondary N) is 1. The molecule has 0 fully saturated rings. The minimum Gasteiger partial charge on any atom is -0.421 e. The van der Waals surface area contributed by atoms with E-state index in [1.54, 1.807) is 0 Å². The van der Waals surface area contributed by atoms with Crippen LogP contribution in [0.5, 0.6) is 0 Å². The lowest BCUT2D eigenvalue weighted by atomic mass is 10.1. The first kappa shape index (κ1) is 18.3. The first-order chi connectivity index (χ1) is 12.5. The summed E-state index contributed by atoms with van der Waals surface area (Å²) in [6.45, 7) is 2.22. The van der Waals surface area contributed by atoms with Crippen molar-refractivity contribution in [1.29, 1.82) is 0 Å². The van der Waals surface area contributed by atoms with Crippen LogP contribution in [0.15, 0.2) is 59.0 Å². The average Bonchev–Trinajstić information content (AvgIpc) is 3.10. The van der Waals surface area contributed by atoms with Crippen molar-refractivity contribution in [2.24, 2.45) is 0 Å². The summed E-state index contributed by atoms with van der Waals surface area (Å²) in [5.74, 6) is 0.901. The molecular formula is C19H21N3O3S. The van der Waals surface area contributed by atoms with Crippen LogP contribution in [0.3, 0.4) is 0 Å². The molecule has 0 spiro atoms. The molecule has 0 amide bonds. The van der Waals surface area contributed by atoms with Gasteiger partial charge in [-0.3, -0.25) is 0 Å². The van der Waals surface area contributed by atoms with Crippen LogP contribution in [0.1, 0.15) is 17.0 Å². The lowest BCUT2D eigenvalue weighted by Crippen LogP contribution is -2.29. The fourth-order valence-corrected chi connectivity index (χ4v) is 3.59. The van der Waals surface area contributed by atoms with E-state index < -0.39 is 10.0 Å². The van der Waals surface area contributed by atoms with Gasteiger partial charge in [-0.25, -0.2) is 13.1 Å². The van der Waals surface area contributed by atoms with Gasteiger partial charge in [0.25, 0.3) is 0 Å². The van der Waals surface area contributed by atoms with Crippen LogP contribution in [-0.2, 0) is 22.9 Å². The molecule has 6 nitrogen and oxygen atoms in total. The third-order valence-corrected chi connectivity index (χ3v) is 5.28. The smallest absolute Gasteiger partial charge is 0.247 e. The van der Waals surface area contributed by atoms with Gasteiger partial charge in [-0.2, -0.15) is 0 Å². The monoisotopic (exact) mass is 371 g/mol. The van der Waals surface area contributed by atoms with E-state index in [1.807, 2.05) is 61.5 Å². The van der Waals surface area contributed by atoms with E-state index in [0.717, 1.165) is 16.7 Å². The molecule has 0 bridgehead atoms. The Hall–Kier alpha value is -2.51. The van der Waals surface area contributed by atoms with E-state index in [0.29, 0.717) is 24.6 Å². The predicted octanol–water partition coefficient (Wildman–Crippen LogP) is 2.75. The summed E-state index contributed by atoms with van der Waals surface area (Å²) in [5, 5.41) is 8.01. The van der Waals surface area contributed by atoms with Crippen LogP contribution >= 0.6 is 0 Å². The van der Waals surface area contributed by atoms with Crippen molar-refractivity contribution in [3.63, 3.8) is 0 Å². The van der Waals surface area contributed by atoms with Gasteiger partial charge in [0.15, 0.2) is 0 Å². The molecule has 3 rings (SSSR count). The second kappa shape index (κ2) is 8.25. The molecule has 0 aliphatic rings. The SMILES string of the molecule is Cc1cccc(-c2nnc(CCNS(=O)(=O)CCc3ccccc3)o2)c1. The summed E-state index contributed by atoms with van der Waals surface area (Å²) in [7, 11) is -3.34. The number of sulfonamides is 1. The topological polar surface area (TPSA) is 85.1 Å². The minimum atomic E-state index is -3.34. The number of benzene rings is 2. The second-order valence-electron chi connectivity index (χ2n) is 6.07. The summed E-state index contributed by atoms with van der Waals surface area (Å²) in [6.07, 6.45) is 0.831. The third-order valence-electron chi connectivity index (χ3n) is 3.90. The van der Waals surface area contributed by atoms with E-state index in [1.165, 1.54) is 0 Å². The summed E-state index contributed by atoms with van der Waals surface area (Å²) >= 11 is 0. The largest absolute Gasteiger partial charge is 0.421 e. The molecule has 1 heterocycles. The summed E-state index contributed by atoms with van der Waals surface area (Å²) < 4.78 is 32.4. The zero-order valence-electron chi connectivity index (χ0n) is 14.6. The van der Waals surface area contributed by atoms with Crippen LogP contribution in [0.25, 0.3) is 11.5 Å². The Bertz CT molecular complexity index is 953. The van der Waals surface area contributed by atoms with Gasteiger partial charge in [0, 0.05) is 18.5 Å². The Balaban J connectivity index is 1.50. The van der Waals surface area contributed by atoms with Crippen LogP contribution in [0.2, 0.25) is 0 Å². The van der Waals surface area contributed by atoms with E-state index in [9.17, 15) is 8.42 Å². The molecule has 0 saturated heterocycles. The van der Waals surface area contributed by atoms with Crippen LogP contribution < -0.4 is 4.72 Å². The standard InChI is InChI=1S/C19H21N3O3S/c1-15-6-5-9-17(14-15)19-22-21-18(25-19)10-12-20-26(23,24)13-11-16-7-3-2-4-8-16/h2-9,14,20H,10-13H2,1H3. The lowest BCUT2D eigenvalue weighted by molar-refractivity contribution is 0.502. The molecule has 7 heteroatoms. The predicted molar refractivity (Wildman–Crippen MR) is 100 cm³/mol. The molecule has 0 aliphatic carbocycles. The maximum absolute atomic E-state index is 12.1. The van der Waals surface area contributed by atoms with Crippen LogP contribution in [0.4, 0.5) is 0 Å². The van der Waals surface area contributed by atoms with Gasteiger partial charge in [0.05, 0.1) is 5.75 Å². The van der Waals surface area contributed by atoms with Crippen molar-refractivity contribution in [3.8, 4) is 11.5 Å². The number of hydrogen-bond acceptors (Lipinski definition) is 5. The Morgan fingerprint density at radius 1 is 1.00 bits per heavy atom. The van der Waals surface area contributed by atoms with Gasteiger partial charge in [0.2, 0.25) is 21.8 Å². The fourth-order valence-electron chi connectivity index (χ4n) is 2.53. The van der Waals surface area contributed by atoms with E-state index in [2.05, 4.69) is 14.9 Å². The normalized spacial score (nSPS) is 11.6. The molecule has 136 valence electrons. The highest BCUT2D eigenvalue weighted by Gasteiger charge is 2.12. The van der Waals surface area contributed by atoms with Crippen molar-refractivity contribution in [3.05, 3.63) is 71.6 Å². The first-order valence-corrected chi connectivity index (χ1v) is 10.1. The summed E-state index contributed by atoms with van der Waals surface area (Å²) in [6, 6.07) is 17.3. The second-order valence-corrected chi connectivity index (χ2v) is 8.00. The van der Waals surface area contributed by atoms with Gasteiger partial charge >= 0.3 is 0 Å². The van der Waals surface area contributed by atoms with Gasteiger partial charge in [-0.1, -0.05) is 48.0 Å². The molecular weight excluding hydrogens is 350 g/mol. The Morgan fingerprint density at radius 2 is 1.81 bits per heavy atom. The molecule has 0 atom stereocenters. The number of hydrogen-bond donors (Lipinski definition) is 1. The number of aromatic nitrogens is 2. The fraction of sp³-hybridized carbons (Fsp3) is 0.263. The van der Waals surface area contributed by atoms with Gasteiger partial charge in [0.1, 0.15) is 0 Å². The highest BCUT2D eigenvalue weighted by Crippen LogP contribution is 2.18. The molecule has 0 unspecified atom stereocenters. The Labute approximate surface area is 153 Å². The van der Waals surface area contributed by atoms with Crippen molar-refractivity contribution >= 4 is 10.0 Å². The molecule has 3 aromatic rings. The van der Waals surface area contributed by atoms with E-state index in [4.69, 9.17) is 4.42 Å². The molecule has 26 heavy (non-hydrogen) atoms. The highest BCUT2D eigenvalue weighted by molar-refractivity contribution is 7.89. The Kier molecular flexibility index (Phi) is 5.80. The summed E-state index contributed by atoms with van der Waals surface area (Å²) in [4.78, 5) is 0. The average molecular weight is 371 g/mol. The van der Waals surface area contributed by atoms with Gasteiger partial charge in [-0.15, -0.1) is 10.2 Å². The van der Waals surface area contributed by atoms with E-state index in [-0.39, 0.29) is 12.3 Å². The number of aryl methyl sites for hydroxylation is 2. The van der Waals surface area contributed by atoms with Crippen LogP contribution in [-0.4, -0.2) is 30.9 Å². The molecule has 0 saturated carbocycles. The van der Waals surface area contributed by atoms with Gasteiger partial charge in [-0.05, 0) is 31.0 Å². The van der Waals surface area contributed by atoms with Crippen molar-refractivity contribution in [2.75, 3.05) is 12.3 Å². The lowest BCUT2D eigenvalue weighted by Gasteiger charge is -2.05. The van der Waals surface area contributed by atoms with E-state index >= 15 is 0 Å². The first-order valence-electron chi connectivity index (χ1n) is 8.42. The highest BCUT2D eigenvalue weighted by atomic mass is 32.2. The Morgan fingerprint density at radius 3 is 2.58 bits per heavy atom. The zero-order chi connectivity index (χ0) is 18.4. The summed E-state index contributed by atoms with van der Waals surface area (Å²) in [5.41, 5.74) is 2.96. The number of nitrogens with zero attached hydrogens (tertiary/aromatic N) is 2. The van der Waals surface area contributed by atoms with Crippen molar-refractivity contribution in [2.45, 2.75) is 19.8 Å². The maximum Gasteiger partial charge on any atom is 0.247 e. The molecule has 0 radical (unpaired) electrons. The van der Waals surface area contributed by atoms with Gasteiger partial charge < -0.3 is 4.42 Å². The molecule has 1 N–H and O–H groups in total. The number of rotatable bonds is 8. The third kappa shape index (κ3) is 5.24. The van der Waals surface area contributed by atoms with Crippen LogP contribution in [0, 0.1) is 6.92 Å².